The summed E-state index contributed by atoms with van der Waals surface area (Å²) < 4.78 is 5.57. The van der Waals surface area contributed by atoms with Crippen LogP contribution in [-0.4, -0.2) is 0 Å². The number of nitrogens with one attached hydrogen (secondary N) is 1. The molecule has 1 unspecified atom stereocenters. The molecule has 1 atom stereocenters. The average Bonchev–Trinajstić information content (AvgIpc) is 2.91. The molecule has 0 aliphatic carbocycles. The molecule has 86 valence electrons. The summed E-state index contributed by atoms with van der Waals surface area (Å²) in [4.78, 5) is 1.38. The van der Waals surface area contributed by atoms with Gasteiger partial charge in [0, 0.05) is 4.88 Å². The van der Waals surface area contributed by atoms with Crippen LogP contribution in [0.5, 0.6) is 0 Å². The highest BCUT2D eigenvalue weighted by atomic mass is 32.1. The lowest BCUT2D eigenvalue weighted by molar-refractivity contribution is 0.390. The Kier molecular flexibility index (Phi) is 3.77. The molecule has 0 aromatic carbocycles. The molecular formula is C12H16N2OS. The summed E-state index contributed by atoms with van der Waals surface area (Å²) in [5.41, 5.74) is 2.80. The monoisotopic (exact) mass is 236 g/mol. The molecule has 3 nitrogen and oxygen atoms in total. The van der Waals surface area contributed by atoms with E-state index in [4.69, 9.17) is 10.3 Å². The average molecular weight is 236 g/mol. The Morgan fingerprint density at radius 2 is 2.31 bits per heavy atom. The van der Waals surface area contributed by atoms with E-state index < -0.39 is 0 Å². The molecule has 0 saturated heterocycles. The molecule has 0 fully saturated rings. The van der Waals surface area contributed by atoms with E-state index in [1.54, 1.807) is 11.3 Å². The maximum absolute atomic E-state index is 5.57. The van der Waals surface area contributed by atoms with Crippen LogP contribution in [0, 0.1) is 6.92 Å². The van der Waals surface area contributed by atoms with Crippen LogP contribution in [0.3, 0.4) is 0 Å². The molecule has 0 bridgehead atoms. The molecule has 0 saturated carbocycles. The second-order valence-electron chi connectivity index (χ2n) is 3.79. The molecular weight excluding hydrogens is 220 g/mol. The van der Waals surface area contributed by atoms with Gasteiger partial charge in [-0.2, -0.15) is 0 Å². The summed E-state index contributed by atoms with van der Waals surface area (Å²) in [6.07, 6.45) is 1.97. The van der Waals surface area contributed by atoms with Crippen LogP contribution in [-0.2, 0) is 6.42 Å². The van der Waals surface area contributed by atoms with E-state index >= 15 is 0 Å². The Bertz CT molecular complexity index is 422. The number of hydrogen-bond acceptors (Lipinski definition) is 4. The lowest BCUT2D eigenvalue weighted by Crippen LogP contribution is -2.28. The standard InChI is InChI=1S/C12H16N2OS/c1-9-4-7-12(15-9)11(14-13)6-5-10-3-2-8-16-10/h2-4,7-8,11,14H,5-6,13H2,1H3. The van der Waals surface area contributed by atoms with E-state index in [2.05, 4.69) is 22.9 Å². The Morgan fingerprint density at radius 3 is 2.88 bits per heavy atom. The smallest absolute Gasteiger partial charge is 0.122 e. The minimum Gasteiger partial charge on any atom is -0.465 e. The molecule has 0 radical (unpaired) electrons. The third kappa shape index (κ3) is 2.72. The first kappa shape index (κ1) is 11.4. The van der Waals surface area contributed by atoms with Gasteiger partial charge in [-0.05, 0) is 43.3 Å². The highest BCUT2D eigenvalue weighted by molar-refractivity contribution is 7.09. The van der Waals surface area contributed by atoms with Crippen LogP contribution in [0.1, 0.15) is 28.9 Å². The minimum atomic E-state index is 0.0933. The Labute approximate surface area is 99.2 Å². The molecule has 2 aromatic heterocycles. The van der Waals surface area contributed by atoms with E-state index in [-0.39, 0.29) is 6.04 Å². The normalized spacial score (nSPS) is 12.9. The van der Waals surface area contributed by atoms with E-state index in [0.717, 1.165) is 24.4 Å². The quantitative estimate of drug-likeness (QED) is 0.620. The van der Waals surface area contributed by atoms with Gasteiger partial charge in [0.25, 0.3) is 0 Å². The molecule has 0 spiro atoms. The zero-order valence-corrected chi connectivity index (χ0v) is 10.1. The minimum absolute atomic E-state index is 0.0933. The first-order chi connectivity index (χ1) is 7.79. The second-order valence-corrected chi connectivity index (χ2v) is 4.82. The van der Waals surface area contributed by atoms with Gasteiger partial charge in [-0.3, -0.25) is 5.84 Å². The van der Waals surface area contributed by atoms with Crippen molar-refractivity contribution in [2.75, 3.05) is 0 Å². The van der Waals surface area contributed by atoms with Crippen molar-refractivity contribution in [1.29, 1.82) is 0 Å². The molecule has 0 aliphatic rings. The van der Waals surface area contributed by atoms with Gasteiger partial charge in [0.2, 0.25) is 0 Å². The zero-order chi connectivity index (χ0) is 11.4. The summed E-state index contributed by atoms with van der Waals surface area (Å²) >= 11 is 1.78. The van der Waals surface area contributed by atoms with Gasteiger partial charge in [-0.15, -0.1) is 11.3 Å². The molecule has 2 aromatic rings. The summed E-state index contributed by atoms with van der Waals surface area (Å²) in [5, 5.41) is 2.09. The Hall–Kier alpha value is -1.10. The highest BCUT2D eigenvalue weighted by Gasteiger charge is 2.13. The van der Waals surface area contributed by atoms with Gasteiger partial charge in [0.05, 0.1) is 6.04 Å². The van der Waals surface area contributed by atoms with Crippen LogP contribution in [0.2, 0.25) is 0 Å². The number of thiophene rings is 1. The highest BCUT2D eigenvalue weighted by Crippen LogP contribution is 2.22. The second kappa shape index (κ2) is 5.30. The van der Waals surface area contributed by atoms with Crippen LogP contribution < -0.4 is 11.3 Å². The maximum Gasteiger partial charge on any atom is 0.122 e. The SMILES string of the molecule is Cc1ccc(C(CCc2cccs2)NN)o1. The Balaban J connectivity index is 1.96. The number of furan rings is 1. The third-order valence-electron chi connectivity index (χ3n) is 2.57. The van der Waals surface area contributed by atoms with Crippen LogP contribution in [0.15, 0.2) is 34.1 Å². The van der Waals surface area contributed by atoms with Gasteiger partial charge in [-0.25, -0.2) is 5.43 Å². The molecule has 3 N–H and O–H groups in total. The van der Waals surface area contributed by atoms with E-state index in [0.29, 0.717) is 0 Å². The van der Waals surface area contributed by atoms with Crippen molar-refractivity contribution in [3.63, 3.8) is 0 Å². The lowest BCUT2D eigenvalue weighted by Gasteiger charge is -2.12. The molecule has 2 heterocycles. The Morgan fingerprint density at radius 1 is 1.44 bits per heavy atom. The fourth-order valence-electron chi connectivity index (χ4n) is 1.69. The summed E-state index contributed by atoms with van der Waals surface area (Å²) in [6, 6.07) is 8.25. The van der Waals surface area contributed by atoms with Crippen molar-refractivity contribution in [1.82, 2.24) is 5.43 Å². The molecule has 0 aliphatic heterocycles. The topological polar surface area (TPSA) is 51.2 Å². The van der Waals surface area contributed by atoms with Crippen molar-refractivity contribution >= 4 is 11.3 Å². The van der Waals surface area contributed by atoms with Crippen molar-refractivity contribution in [3.8, 4) is 0 Å². The van der Waals surface area contributed by atoms with Gasteiger partial charge in [0.15, 0.2) is 0 Å². The first-order valence-corrected chi connectivity index (χ1v) is 6.22. The molecule has 0 amide bonds. The fraction of sp³-hybridized carbons (Fsp3) is 0.333. The number of rotatable bonds is 5. The largest absolute Gasteiger partial charge is 0.465 e. The predicted molar refractivity (Wildman–Crippen MR) is 66.1 cm³/mol. The van der Waals surface area contributed by atoms with Crippen molar-refractivity contribution in [2.45, 2.75) is 25.8 Å². The van der Waals surface area contributed by atoms with Gasteiger partial charge < -0.3 is 4.42 Å². The summed E-state index contributed by atoms with van der Waals surface area (Å²) in [5.74, 6) is 7.38. The third-order valence-corrected chi connectivity index (χ3v) is 3.50. The molecule has 16 heavy (non-hydrogen) atoms. The van der Waals surface area contributed by atoms with Crippen LogP contribution in [0.4, 0.5) is 0 Å². The van der Waals surface area contributed by atoms with Crippen molar-refractivity contribution < 1.29 is 4.42 Å². The number of hydrogen-bond donors (Lipinski definition) is 2. The first-order valence-electron chi connectivity index (χ1n) is 5.34. The van der Waals surface area contributed by atoms with Crippen LogP contribution >= 0.6 is 11.3 Å². The van der Waals surface area contributed by atoms with E-state index in [1.165, 1.54) is 4.88 Å². The van der Waals surface area contributed by atoms with Crippen molar-refractivity contribution in [2.24, 2.45) is 5.84 Å². The van der Waals surface area contributed by atoms with Gasteiger partial charge >= 0.3 is 0 Å². The predicted octanol–water partition coefficient (Wildman–Crippen LogP) is 2.79. The lowest BCUT2D eigenvalue weighted by atomic mass is 10.1. The van der Waals surface area contributed by atoms with Gasteiger partial charge in [0.1, 0.15) is 11.5 Å². The number of aryl methyl sites for hydroxylation is 2. The number of nitrogens with two attached hydrogens (primary N) is 1. The van der Waals surface area contributed by atoms with E-state index in [1.807, 2.05) is 19.1 Å². The summed E-state index contributed by atoms with van der Waals surface area (Å²) in [7, 11) is 0. The van der Waals surface area contributed by atoms with E-state index in [9.17, 15) is 0 Å². The van der Waals surface area contributed by atoms with Crippen LogP contribution in [0.25, 0.3) is 0 Å². The molecule has 2 rings (SSSR count). The zero-order valence-electron chi connectivity index (χ0n) is 9.27. The van der Waals surface area contributed by atoms with Crippen molar-refractivity contribution in [3.05, 3.63) is 46.0 Å². The molecule has 4 heteroatoms. The fourth-order valence-corrected chi connectivity index (χ4v) is 2.41. The number of hydrazine groups is 1. The summed E-state index contributed by atoms with van der Waals surface area (Å²) in [6.45, 7) is 1.94. The maximum atomic E-state index is 5.57. The van der Waals surface area contributed by atoms with Gasteiger partial charge in [-0.1, -0.05) is 6.07 Å².